The summed E-state index contributed by atoms with van der Waals surface area (Å²) in [6.45, 7) is 6.98. The molecule has 1 aliphatic heterocycles. The lowest BCUT2D eigenvalue weighted by Gasteiger charge is -2.21. The van der Waals surface area contributed by atoms with Crippen LogP contribution in [-0.2, 0) is 4.74 Å². The highest BCUT2D eigenvalue weighted by molar-refractivity contribution is 5.43. The van der Waals surface area contributed by atoms with Gasteiger partial charge in [-0.1, -0.05) is 6.07 Å². The Morgan fingerprint density at radius 2 is 2.37 bits per heavy atom. The molecule has 0 bridgehead atoms. The molecule has 1 aromatic carbocycles. The minimum absolute atomic E-state index is 0.345. The number of anilines is 1. The lowest BCUT2D eigenvalue weighted by atomic mass is 10.3. The zero-order valence-electron chi connectivity index (χ0n) is 11.7. The Labute approximate surface area is 115 Å². The number of rotatable bonds is 5. The Hall–Kier alpha value is -1.26. The van der Waals surface area contributed by atoms with E-state index in [9.17, 15) is 0 Å². The Kier molecular flexibility index (Phi) is 5.48. The summed E-state index contributed by atoms with van der Waals surface area (Å²) in [4.78, 5) is 2.46. The maximum Gasteiger partial charge on any atom is 0.121 e. The number of nitrogens with zero attached hydrogens (tertiary/aromatic N) is 1. The van der Waals surface area contributed by atoms with Gasteiger partial charge in [0.05, 0.1) is 12.7 Å². The zero-order chi connectivity index (χ0) is 13.5. The summed E-state index contributed by atoms with van der Waals surface area (Å²) in [5.74, 6) is 0.854. The molecule has 1 aromatic rings. The van der Waals surface area contributed by atoms with Crippen LogP contribution < -0.4 is 10.5 Å². The summed E-state index contributed by atoms with van der Waals surface area (Å²) < 4.78 is 11.3. The van der Waals surface area contributed by atoms with E-state index in [-0.39, 0.29) is 0 Å². The molecule has 0 aliphatic carbocycles. The Morgan fingerprint density at radius 1 is 1.47 bits per heavy atom. The van der Waals surface area contributed by atoms with Crippen molar-refractivity contribution >= 4 is 5.69 Å². The van der Waals surface area contributed by atoms with Crippen molar-refractivity contribution in [1.29, 1.82) is 0 Å². The summed E-state index contributed by atoms with van der Waals surface area (Å²) >= 11 is 0. The molecule has 4 nitrogen and oxygen atoms in total. The molecule has 19 heavy (non-hydrogen) atoms. The largest absolute Gasteiger partial charge is 0.493 e. The second-order valence-corrected chi connectivity index (χ2v) is 5.11. The highest BCUT2D eigenvalue weighted by Gasteiger charge is 2.14. The third kappa shape index (κ3) is 5.09. The molecular formula is C15H24N2O2. The third-order valence-electron chi connectivity index (χ3n) is 3.28. The van der Waals surface area contributed by atoms with Crippen LogP contribution in [0.5, 0.6) is 5.75 Å². The molecule has 0 radical (unpaired) electrons. The van der Waals surface area contributed by atoms with Crippen molar-refractivity contribution in [3.05, 3.63) is 24.3 Å². The number of hydrogen-bond acceptors (Lipinski definition) is 4. The number of ether oxygens (including phenoxy) is 2. The minimum atomic E-state index is 0.345. The fourth-order valence-corrected chi connectivity index (χ4v) is 2.37. The normalized spacial score (nSPS) is 21.0. The van der Waals surface area contributed by atoms with Crippen LogP contribution in [0.1, 0.15) is 19.8 Å². The van der Waals surface area contributed by atoms with Gasteiger partial charge >= 0.3 is 0 Å². The summed E-state index contributed by atoms with van der Waals surface area (Å²) in [7, 11) is 0. The van der Waals surface area contributed by atoms with Gasteiger partial charge in [0.2, 0.25) is 0 Å². The smallest absolute Gasteiger partial charge is 0.121 e. The van der Waals surface area contributed by atoms with Crippen LogP contribution in [0.2, 0.25) is 0 Å². The number of benzene rings is 1. The maximum absolute atomic E-state index is 5.71. The van der Waals surface area contributed by atoms with Crippen molar-refractivity contribution < 1.29 is 9.47 Å². The molecule has 106 valence electrons. The fourth-order valence-electron chi connectivity index (χ4n) is 2.37. The van der Waals surface area contributed by atoms with Gasteiger partial charge in [-0.3, -0.25) is 0 Å². The van der Waals surface area contributed by atoms with Crippen LogP contribution in [0.3, 0.4) is 0 Å². The molecule has 2 rings (SSSR count). The number of nitrogens with two attached hydrogens (primary N) is 1. The van der Waals surface area contributed by atoms with Crippen molar-refractivity contribution in [2.24, 2.45) is 0 Å². The highest BCUT2D eigenvalue weighted by atomic mass is 16.5. The van der Waals surface area contributed by atoms with E-state index in [2.05, 4.69) is 11.8 Å². The van der Waals surface area contributed by atoms with Crippen LogP contribution >= 0.6 is 0 Å². The van der Waals surface area contributed by atoms with Gasteiger partial charge in [-0.05, 0) is 31.9 Å². The van der Waals surface area contributed by atoms with Gasteiger partial charge in [0, 0.05) is 38.0 Å². The van der Waals surface area contributed by atoms with Gasteiger partial charge < -0.3 is 20.1 Å². The fraction of sp³-hybridized carbons (Fsp3) is 0.600. The molecule has 0 aromatic heterocycles. The van der Waals surface area contributed by atoms with Gasteiger partial charge in [0.15, 0.2) is 0 Å². The molecule has 0 saturated carbocycles. The molecule has 0 spiro atoms. The molecule has 4 heteroatoms. The quantitative estimate of drug-likeness (QED) is 0.654. The molecule has 1 saturated heterocycles. The third-order valence-corrected chi connectivity index (χ3v) is 3.28. The van der Waals surface area contributed by atoms with Crippen molar-refractivity contribution in [3.63, 3.8) is 0 Å². The van der Waals surface area contributed by atoms with E-state index in [0.29, 0.717) is 6.10 Å². The van der Waals surface area contributed by atoms with E-state index < -0.39 is 0 Å². The average molecular weight is 264 g/mol. The summed E-state index contributed by atoms with van der Waals surface area (Å²) in [6.07, 6.45) is 2.50. The van der Waals surface area contributed by atoms with Crippen molar-refractivity contribution in [1.82, 2.24) is 4.90 Å². The second kappa shape index (κ2) is 7.36. The molecule has 1 fully saturated rings. The Morgan fingerprint density at radius 3 is 3.21 bits per heavy atom. The summed E-state index contributed by atoms with van der Waals surface area (Å²) in [6, 6.07) is 7.59. The SMILES string of the molecule is CC1CN(CCCOc2cccc(N)c2)CCCO1. The summed E-state index contributed by atoms with van der Waals surface area (Å²) in [5.41, 5.74) is 6.46. The van der Waals surface area contributed by atoms with Crippen molar-refractivity contribution in [3.8, 4) is 5.75 Å². The van der Waals surface area contributed by atoms with Crippen molar-refractivity contribution in [2.75, 3.05) is 38.6 Å². The van der Waals surface area contributed by atoms with Gasteiger partial charge in [0.1, 0.15) is 5.75 Å². The van der Waals surface area contributed by atoms with Crippen LogP contribution in [0.15, 0.2) is 24.3 Å². The van der Waals surface area contributed by atoms with E-state index in [1.165, 1.54) is 0 Å². The first-order chi connectivity index (χ1) is 9.24. The Bertz CT molecular complexity index is 384. The lowest BCUT2D eigenvalue weighted by molar-refractivity contribution is 0.0670. The average Bonchev–Trinajstić information content (AvgIpc) is 2.59. The molecule has 1 heterocycles. The van der Waals surface area contributed by atoms with Crippen LogP contribution in [0.25, 0.3) is 0 Å². The topological polar surface area (TPSA) is 47.7 Å². The van der Waals surface area contributed by atoms with Gasteiger partial charge in [-0.25, -0.2) is 0 Å². The highest BCUT2D eigenvalue weighted by Crippen LogP contribution is 2.14. The first-order valence-electron chi connectivity index (χ1n) is 7.06. The maximum atomic E-state index is 5.71. The predicted molar refractivity (Wildman–Crippen MR) is 77.4 cm³/mol. The Balaban J connectivity index is 1.66. The zero-order valence-corrected chi connectivity index (χ0v) is 11.7. The standard InChI is InChI=1S/C15H24N2O2/c1-13-12-17(7-3-9-18-13)8-4-10-19-15-6-2-5-14(16)11-15/h2,5-6,11,13H,3-4,7-10,12,16H2,1H3. The van der Waals surface area contributed by atoms with E-state index >= 15 is 0 Å². The van der Waals surface area contributed by atoms with Crippen LogP contribution in [-0.4, -0.2) is 43.9 Å². The van der Waals surface area contributed by atoms with Gasteiger partial charge in [0.25, 0.3) is 0 Å². The minimum Gasteiger partial charge on any atom is -0.493 e. The van der Waals surface area contributed by atoms with Crippen LogP contribution in [0.4, 0.5) is 5.69 Å². The second-order valence-electron chi connectivity index (χ2n) is 5.11. The van der Waals surface area contributed by atoms with E-state index in [1.54, 1.807) is 0 Å². The summed E-state index contributed by atoms with van der Waals surface area (Å²) in [5, 5.41) is 0. The lowest BCUT2D eigenvalue weighted by Crippen LogP contribution is -2.31. The van der Waals surface area contributed by atoms with Crippen molar-refractivity contribution in [2.45, 2.75) is 25.9 Å². The molecule has 1 aliphatic rings. The molecular weight excluding hydrogens is 240 g/mol. The molecule has 1 unspecified atom stereocenters. The van der Waals surface area contributed by atoms with Crippen LogP contribution in [0, 0.1) is 0 Å². The first kappa shape index (κ1) is 14.2. The van der Waals surface area contributed by atoms with E-state index in [1.807, 2.05) is 24.3 Å². The molecule has 2 N–H and O–H groups in total. The molecule has 1 atom stereocenters. The predicted octanol–water partition coefficient (Wildman–Crippen LogP) is 2.15. The first-order valence-corrected chi connectivity index (χ1v) is 7.06. The number of hydrogen-bond donors (Lipinski definition) is 1. The van der Waals surface area contributed by atoms with E-state index in [4.69, 9.17) is 15.2 Å². The molecule has 0 amide bonds. The van der Waals surface area contributed by atoms with Gasteiger partial charge in [-0.15, -0.1) is 0 Å². The monoisotopic (exact) mass is 264 g/mol. The van der Waals surface area contributed by atoms with E-state index in [0.717, 1.165) is 57.1 Å². The number of nitrogen functional groups attached to an aromatic ring is 1. The van der Waals surface area contributed by atoms with Gasteiger partial charge in [-0.2, -0.15) is 0 Å².